The van der Waals surface area contributed by atoms with E-state index in [0.29, 0.717) is 43.1 Å². The van der Waals surface area contributed by atoms with Crippen molar-refractivity contribution in [2.75, 3.05) is 57.9 Å². The van der Waals surface area contributed by atoms with Crippen molar-refractivity contribution in [2.24, 2.45) is 0 Å². The average molecular weight is 550 g/mol. The molecule has 0 bridgehead atoms. The molecule has 2 aliphatic rings. The van der Waals surface area contributed by atoms with E-state index in [9.17, 15) is 13.7 Å². The lowest BCUT2D eigenvalue weighted by Gasteiger charge is -2.32. The largest absolute Gasteiger partial charge is 0.351 e. The van der Waals surface area contributed by atoms with Crippen LogP contribution in [0.2, 0.25) is 0 Å². The standard InChI is InChI=1S/C27H35N9O2S/c1-20-14-21(18-34-12-10-33(2)11-13-34)4-5-25(20)36-19-23(17-30-36)26-22(15-28)16-29-27(32-26)31-24-6-8-35(9-7-24)39(3,37)38/h4-5,14,16-17,19,24H,6-13,18H2,1-3H3,(H,29,31,32). The Bertz CT molecular complexity index is 1460. The van der Waals surface area contributed by atoms with E-state index in [0.717, 1.165) is 49.5 Å². The summed E-state index contributed by atoms with van der Waals surface area (Å²) in [5.74, 6) is 0.416. The molecule has 3 aromatic rings. The number of hydrogen-bond acceptors (Lipinski definition) is 9. The molecule has 0 radical (unpaired) electrons. The molecule has 5 rings (SSSR count). The molecule has 12 heteroatoms. The van der Waals surface area contributed by atoms with E-state index in [4.69, 9.17) is 0 Å². The molecule has 0 unspecified atom stereocenters. The quantitative estimate of drug-likeness (QED) is 0.472. The van der Waals surface area contributed by atoms with Gasteiger partial charge >= 0.3 is 0 Å². The van der Waals surface area contributed by atoms with Gasteiger partial charge in [-0.05, 0) is 44.0 Å². The molecular formula is C27H35N9O2S. The van der Waals surface area contributed by atoms with E-state index in [1.165, 1.54) is 22.3 Å². The van der Waals surface area contributed by atoms with E-state index in [-0.39, 0.29) is 6.04 Å². The number of rotatable bonds is 7. The van der Waals surface area contributed by atoms with Gasteiger partial charge in [-0.3, -0.25) is 4.90 Å². The van der Waals surface area contributed by atoms with Crippen LogP contribution in [0.5, 0.6) is 0 Å². The van der Waals surface area contributed by atoms with Crippen molar-refractivity contribution in [3.63, 3.8) is 0 Å². The number of nitrogens with zero attached hydrogens (tertiary/aromatic N) is 8. The Kier molecular flexibility index (Phi) is 7.95. The Morgan fingerprint density at radius 3 is 2.51 bits per heavy atom. The van der Waals surface area contributed by atoms with Crippen molar-refractivity contribution in [3.05, 3.63) is 53.5 Å². The molecule has 2 saturated heterocycles. The monoisotopic (exact) mass is 549 g/mol. The first-order chi connectivity index (χ1) is 18.7. The number of hydrogen-bond donors (Lipinski definition) is 1. The van der Waals surface area contributed by atoms with E-state index < -0.39 is 10.0 Å². The van der Waals surface area contributed by atoms with Crippen LogP contribution < -0.4 is 5.32 Å². The summed E-state index contributed by atoms with van der Waals surface area (Å²) in [7, 11) is -1.02. The average Bonchev–Trinajstić information content (AvgIpc) is 3.40. The number of nitriles is 1. The van der Waals surface area contributed by atoms with Gasteiger partial charge in [0.05, 0.1) is 35.6 Å². The van der Waals surface area contributed by atoms with E-state index in [1.54, 1.807) is 6.20 Å². The molecule has 0 spiro atoms. The fraction of sp³-hybridized carbons (Fsp3) is 0.481. The van der Waals surface area contributed by atoms with Crippen LogP contribution in [0.15, 0.2) is 36.8 Å². The predicted molar refractivity (Wildman–Crippen MR) is 150 cm³/mol. The number of nitrogens with one attached hydrogen (secondary N) is 1. The number of sulfonamides is 1. The van der Waals surface area contributed by atoms with Crippen molar-refractivity contribution in [3.8, 4) is 23.0 Å². The minimum Gasteiger partial charge on any atom is -0.351 e. The number of aromatic nitrogens is 4. The van der Waals surface area contributed by atoms with Gasteiger partial charge in [0.15, 0.2) is 0 Å². The highest BCUT2D eigenvalue weighted by Crippen LogP contribution is 2.25. The Hall–Kier alpha value is -3.37. The molecule has 2 aliphatic heterocycles. The predicted octanol–water partition coefficient (Wildman–Crippen LogP) is 2.09. The van der Waals surface area contributed by atoms with Crippen LogP contribution in [0.4, 0.5) is 5.95 Å². The van der Waals surface area contributed by atoms with Gasteiger partial charge in [0, 0.05) is 63.6 Å². The minimum absolute atomic E-state index is 0.0542. The van der Waals surface area contributed by atoms with Gasteiger partial charge in [-0.25, -0.2) is 27.4 Å². The van der Waals surface area contributed by atoms with Gasteiger partial charge in [0.25, 0.3) is 0 Å². The summed E-state index contributed by atoms with van der Waals surface area (Å²) in [4.78, 5) is 13.8. The van der Waals surface area contributed by atoms with Crippen molar-refractivity contribution in [2.45, 2.75) is 32.4 Å². The number of piperidine rings is 1. The van der Waals surface area contributed by atoms with Crippen LogP contribution in [-0.2, 0) is 16.6 Å². The molecule has 4 heterocycles. The third kappa shape index (κ3) is 6.45. The second-order valence-corrected chi connectivity index (χ2v) is 12.5. The van der Waals surface area contributed by atoms with Crippen LogP contribution in [-0.4, -0.2) is 101 Å². The van der Waals surface area contributed by atoms with Crippen molar-refractivity contribution in [1.82, 2.24) is 33.9 Å². The number of likely N-dealkylation sites (N-methyl/N-ethyl adjacent to an activating group) is 1. The number of piperazine rings is 1. The summed E-state index contributed by atoms with van der Waals surface area (Å²) >= 11 is 0. The maximum atomic E-state index is 11.8. The maximum absolute atomic E-state index is 11.8. The normalized spacial score (nSPS) is 18.2. The summed E-state index contributed by atoms with van der Waals surface area (Å²) in [5, 5.41) is 17.6. The van der Waals surface area contributed by atoms with Crippen molar-refractivity contribution < 1.29 is 8.42 Å². The first-order valence-corrected chi connectivity index (χ1v) is 15.1. The molecule has 11 nitrogen and oxygen atoms in total. The smallest absolute Gasteiger partial charge is 0.223 e. The summed E-state index contributed by atoms with van der Waals surface area (Å²) < 4.78 is 26.9. The molecule has 2 fully saturated rings. The van der Waals surface area contributed by atoms with Gasteiger partial charge in [-0.15, -0.1) is 0 Å². The van der Waals surface area contributed by atoms with Gasteiger partial charge in [0.1, 0.15) is 6.07 Å². The zero-order valence-electron chi connectivity index (χ0n) is 22.7. The fourth-order valence-electron chi connectivity index (χ4n) is 5.18. The number of benzene rings is 1. The zero-order chi connectivity index (χ0) is 27.6. The molecule has 206 valence electrons. The lowest BCUT2D eigenvalue weighted by molar-refractivity contribution is 0.148. The van der Waals surface area contributed by atoms with E-state index >= 15 is 0 Å². The lowest BCUT2D eigenvalue weighted by Crippen LogP contribution is -2.43. The highest BCUT2D eigenvalue weighted by molar-refractivity contribution is 7.88. The third-order valence-electron chi connectivity index (χ3n) is 7.53. The summed E-state index contributed by atoms with van der Waals surface area (Å²) in [6, 6.07) is 8.71. The second-order valence-electron chi connectivity index (χ2n) is 10.5. The molecule has 1 N–H and O–H groups in total. The van der Waals surface area contributed by atoms with Crippen LogP contribution >= 0.6 is 0 Å². The summed E-state index contributed by atoms with van der Waals surface area (Å²) in [5.41, 5.74) is 5.00. The molecule has 2 aromatic heterocycles. The highest BCUT2D eigenvalue weighted by atomic mass is 32.2. The molecule has 0 saturated carbocycles. The van der Waals surface area contributed by atoms with E-state index in [2.05, 4.69) is 68.4 Å². The molecular weight excluding hydrogens is 514 g/mol. The fourth-order valence-corrected chi connectivity index (χ4v) is 6.06. The highest BCUT2D eigenvalue weighted by Gasteiger charge is 2.25. The minimum atomic E-state index is -3.18. The summed E-state index contributed by atoms with van der Waals surface area (Å²) in [6.07, 6.45) is 7.68. The SMILES string of the molecule is Cc1cc(CN2CCN(C)CC2)ccc1-n1cc(-c2nc(NC3CCN(S(C)(=O)=O)CC3)ncc2C#N)cn1. The van der Waals surface area contributed by atoms with E-state index in [1.807, 2.05) is 10.9 Å². The Labute approximate surface area is 230 Å². The molecule has 0 amide bonds. The van der Waals surface area contributed by atoms with Crippen LogP contribution in [0.25, 0.3) is 16.9 Å². The van der Waals surface area contributed by atoms with Gasteiger partial charge in [-0.2, -0.15) is 10.4 Å². The number of anilines is 1. The van der Waals surface area contributed by atoms with Gasteiger partial charge in [-0.1, -0.05) is 12.1 Å². The zero-order valence-corrected chi connectivity index (χ0v) is 23.5. The van der Waals surface area contributed by atoms with Crippen LogP contribution in [0.3, 0.4) is 0 Å². The Balaban J connectivity index is 1.30. The first kappa shape index (κ1) is 27.2. The molecule has 39 heavy (non-hydrogen) atoms. The molecule has 0 atom stereocenters. The number of aryl methyl sites for hydroxylation is 1. The molecule has 1 aromatic carbocycles. The van der Waals surface area contributed by atoms with Gasteiger partial charge < -0.3 is 10.2 Å². The third-order valence-corrected chi connectivity index (χ3v) is 8.83. The lowest BCUT2D eigenvalue weighted by atomic mass is 10.1. The Morgan fingerprint density at radius 2 is 1.85 bits per heavy atom. The van der Waals surface area contributed by atoms with Crippen LogP contribution in [0.1, 0.15) is 29.5 Å². The van der Waals surface area contributed by atoms with Gasteiger partial charge in [0.2, 0.25) is 16.0 Å². The molecule has 0 aliphatic carbocycles. The van der Waals surface area contributed by atoms with Crippen LogP contribution in [0, 0.1) is 18.3 Å². The van der Waals surface area contributed by atoms with Crippen molar-refractivity contribution in [1.29, 1.82) is 5.26 Å². The van der Waals surface area contributed by atoms with Crippen molar-refractivity contribution >= 4 is 16.0 Å². The second kappa shape index (κ2) is 11.4. The first-order valence-electron chi connectivity index (χ1n) is 13.2. The maximum Gasteiger partial charge on any atom is 0.223 e. The topological polar surface area (TPSA) is 123 Å². The summed E-state index contributed by atoms with van der Waals surface area (Å²) in [6.45, 7) is 8.30. The Morgan fingerprint density at radius 1 is 1.10 bits per heavy atom.